The molecule has 0 saturated heterocycles. The predicted molar refractivity (Wildman–Crippen MR) is 119 cm³/mol. The summed E-state index contributed by atoms with van der Waals surface area (Å²) < 4.78 is 11.0. The fourth-order valence-electron chi connectivity index (χ4n) is 2.31. The Bertz CT molecular complexity index is 375. The fraction of sp³-hybridized carbons (Fsp3) is 0.955. The highest BCUT2D eigenvalue weighted by Crippen LogP contribution is 2.23. The van der Waals surface area contributed by atoms with Crippen molar-refractivity contribution in [2.75, 3.05) is 44.5 Å². The van der Waals surface area contributed by atoms with Gasteiger partial charge in [0.25, 0.3) is 0 Å². The lowest BCUT2D eigenvalue weighted by molar-refractivity contribution is -0.121. The Hall–Kier alpha value is -0.260. The van der Waals surface area contributed by atoms with Gasteiger partial charge < -0.3 is 14.8 Å². The van der Waals surface area contributed by atoms with E-state index in [1.54, 1.807) is 0 Å². The normalized spacial score (nSPS) is 13.6. The van der Waals surface area contributed by atoms with Crippen LogP contribution < -0.4 is 5.32 Å². The molecule has 0 spiro atoms. The van der Waals surface area contributed by atoms with Gasteiger partial charge in [-0.1, -0.05) is 48.5 Å². The average molecular weight is 404 g/mol. The molecule has 0 aliphatic rings. The zero-order valence-corrected chi connectivity index (χ0v) is 19.8. The van der Waals surface area contributed by atoms with E-state index >= 15 is 0 Å². The van der Waals surface area contributed by atoms with Crippen LogP contribution in [0.2, 0.25) is 0 Å². The third kappa shape index (κ3) is 21.9. The average Bonchev–Trinajstić information content (AvgIpc) is 2.51. The number of carbonyl (C=O) groups excluding carboxylic acids is 1. The van der Waals surface area contributed by atoms with Gasteiger partial charge in [-0.15, -0.1) is 0 Å². The smallest absolute Gasteiger partial charge is 0.220 e. The van der Waals surface area contributed by atoms with E-state index in [9.17, 15) is 4.79 Å². The van der Waals surface area contributed by atoms with Crippen LogP contribution in [0, 0.1) is 16.7 Å². The first-order valence-corrected chi connectivity index (χ1v) is 11.6. The van der Waals surface area contributed by atoms with Crippen LogP contribution in [0.4, 0.5) is 0 Å². The monoisotopic (exact) mass is 403 g/mol. The molecule has 1 unspecified atom stereocenters. The number of hydrogen-bond donors (Lipinski definition) is 1. The van der Waals surface area contributed by atoms with Crippen molar-refractivity contribution in [2.24, 2.45) is 16.7 Å². The Kier molecular flexibility index (Phi) is 14.6. The van der Waals surface area contributed by atoms with E-state index in [0.29, 0.717) is 49.5 Å². The van der Waals surface area contributed by atoms with Gasteiger partial charge in [-0.3, -0.25) is 4.79 Å². The van der Waals surface area contributed by atoms with Gasteiger partial charge >= 0.3 is 0 Å². The molecular formula is C22H45NO3S. The summed E-state index contributed by atoms with van der Waals surface area (Å²) in [5.41, 5.74) is 0.707. The number of rotatable bonds is 15. The lowest BCUT2D eigenvalue weighted by atomic mass is 9.93. The van der Waals surface area contributed by atoms with E-state index in [1.165, 1.54) is 11.5 Å². The second-order valence-corrected chi connectivity index (χ2v) is 11.0. The molecule has 0 rings (SSSR count). The predicted octanol–water partition coefficient (Wildman–Crippen LogP) is 5.16. The Morgan fingerprint density at radius 3 is 2.19 bits per heavy atom. The Morgan fingerprint density at radius 2 is 1.59 bits per heavy atom. The molecule has 27 heavy (non-hydrogen) atoms. The maximum atomic E-state index is 11.8. The van der Waals surface area contributed by atoms with Crippen LogP contribution in [0.5, 0.6) is 0 Å². The number of carbonyl (C=O) groups is 1. The first-order valence-electron chi connectivity index (χ1n) is 10.5. The molecule has 1 N–H and O–H groups in total. The Labute approximate surface area is 172 Å². The third-order valence-electron chi connectivity index (χ3n) is 3.98. The lowest BCUT2D eigenvalue weighted by Gasteiger charge is -2.19. The van der Waals surface area contributed by atoms with Gasteiger partial charge in [0.05, 0.1) is 19.8 Å². The minimum absolute atomic E-state index is 0.134. The second kappa shape index (κ2) is 14.7. The largest absolute Gasteiger partial charge is 0.379 e. The molecule has 162 valence electrons. The minimum atomic E-state index is 0.134. The summed E-state index contributed by atoms with van der Waals surface area (Å²) in [6.07, 6.45) is 3.75. The van der Waals surface area contributed by atoms with Gasteiger partial charge in [0.2, 0.25) is 5.91 Å². The zero-order valence-electron chi connectivity index (χ0n) is 19.0. The summed E-state index contributed by atoms with van der Waals surface area (Å²) in [4.78, 5) is 11.8. The minimum Gasteiger partial charge on any atom is -0.379 e. The molecule has 0 heterocycles. The topological polar surface area (TPSA) is 47.6 Å². The highest BCUT2D eigenvalue weighted by atomic mass is 32.2. The fourth-order valence-corrected chi connectivity index (χ4v) is 3.61. The van der Waals surface area contributed by atoms with Crippen LogP contribution in [0.25, 0.3) is 0 Å². The second-order valence-electron chi connectivity index (χ2n) is 9.96. The summed E-state index contributed by atoms with van der Waals surface area (Å²) in [6.45, 7) is 18.9. The molecule has 0 aromatic heterocycles. The molecule has 0 bridgehead atoms. The quantitative estimate of drug-likeness (QED) is 0.384. The van der Waals surface area contributed by atoms with E-state index in [0.717, 1.165) is 25.9 Å². The lowest BCUT2D eigenvalue weighted by Crippen LogP contribution is -2.27. The third-order valence-corrected chi connectivity index (χ3v) is 5.85. The van der Waals surface area contributed by atoms with Crippen LogP contribution in [-0.4, -0.2) is 50.4 Å². The van der Waals surface area contributed by atoms with E-state index in [-0.39, 0.29) is 5.91 Å². The summed E-state index contributed by atoms with van der Waals surface area (Å²) in [6, 6.07) is 0. The summed E-state index contributed by atoms with van der Waals surface area (Å²) in [5.74, 6) is 3.19. The first kappa shape index (κ1) is 26.7. The molecule has 0 aromatic carbocycles. The summed E-state index contributed by atoms with van der Waals surface area (Å²) in [5, 5.41) is 2.93. The Balaban J connectivity index is 3.42. The van der Waals surface area contributed by atoms with Crippen LogP contribution in [0.1, 0.15) is 74.1 Å². The van der Waals surface area contributed by atoms with E-state index < -0.39 is 0 Å². The van der Waals surface area contributed by atoms with Crippen LogP contribution in [0.15, 0.2) is 0 Å². The summed E-state index contributed by atoms with van der Waals surface area (Å²) >= 11 is 2.03. The van der Waals surface area contributed by atoms with Crippen molar-refractivity contribution < 1.29 is 14.3 Å². The molecule has 0 aromatic rings. The van der Waals surface area contributed by atoms with Crippen LogP contribution in [0.3, 0.4) is 0 Å². The molecule has 5 heteroatoms. The highest BCUT2D eigenvalue weighted by molar-refractivity contribution is 7.99. The number of amides is 1. The molecule has 1 atom stereocenters. The number of ether oxygens (including phenoxy) is 2. The first-order chi connectivity index (χ1) is 12.5. The number of thioether (sulfide) groups is 1. The van der Waals surface area contributed by atoms with Crippen molar-refractivity contribution in [1.29, 1.82) is 0 Å². The molecule has 0 radical (unpaired) electrons. The van der Waals surface area contributed by atoms with Crippen molar-refractivity contribution in [2.45, 2.75) is 74.1 Å². The van der Waals surface area contributed by atoms with Crippen molar-refractivity contribution in [3.63, 3.8) is 0 Å². The van der Waals surface area contributed by atoms with Gasteiger partial charge in [-0.2, -0.15) is 11.8 Å². The van der Waals surface area contributed by atoms with Gasteiger partial charge in [0.15, 0.2) is 0 Å². The molecule has 0 aliphatic heterocycles. The maximum absolute atomic E-state index is 11.8. The number of nitrogens with one attached hydrogen (secondary N) is 1. The molecule has 0 aliphatic carbocycles. The van der Waals surface area contributed by atoms with Crippen molar-refractivity contribution in [3.8, 4) is 0 Å². The van der Waals surface area contributed by atoms with Gasteiger partial charge in [-0.25, -0.2) is 0 Å². The SMILES string of the molecule is CC(CCCC(=O)NCCOCCOCCC(C)(C)C)CSCC(C)(C)C. The van der Waals surface area contributed by atoms with Crippen LogP contribution >= 0.6 is 11.8 Å². The van der Waals surface area contributed by atoms with Crippen molar-refractivity contribution in [3.05, 3.63) is 0 Å². The molecular weight excluding hydrogens is 358 g/mol. The molecule has 4 nitrogen and oxygen atoms in total. The van der Waals surface area contributed by atoms with E-state index in [4.69, 9.17) is 9.47 Å². The van der Waals surface area contributed by atoms with Gasteiger partial charge in [0, 0.05) is 19.6 Å². The summed E-state index contributed by atoms with van der Waals surface area (Å²) in [7, 11) is 0. The molecule has 0 fully saturated rings. The van der Waals surface area contributed by atoms with Gasteiger partial charge in [-0.05, 0) is 47.5 Å². The molecule has 1 amide bonds. The standard InChI is InChI=1S/C22H45NO3S/c1-19(17-27-18-22(5,6)7)9-8-10-20(24)23-12-14-26-16-15-25-13-11-21(2,3)4/h19H,8-18H2,1-7H3,(H,23,24). The zero-order chi connectivity index (χ0) is 20.8. The highest BCUT2D eigenvalue weighted by Gasteiger charge is 2.12. The Morgan fingerprint density at radius 1 is 0.963 bits per heavy atom. The van der Waals surface area contributed by atoms with Crippen molar-refractivity contribution >= 4 is 17.7 Å². The maximum Gasteiger partial charge on any atom is 0.220 e. The van der Waals surface area contributed by atoms with Gasteiger partial charge in [0.1, 0.15) is 0 Å². The van der Waals surface area contributed by atoms with E-state index in [2.05, 4.69) is 53.8 Å². The van der Waals surface area contributed by atoms with Crippen molar-refractivity contribution in [1.82, 2.24) is 5.32 Å². The number of hydrogen-bond acceptors (Lipinski definition) is 4. The van der Waals surface area contributed by atoms with E-state index in [1.807, 2.05) is 11.8 Å². The van der Waals surface area contributed by atoms with Crippen LogP contribution in [-0.2, 0) is 14.3 Å². The molecule has 0 saturated carbocycles.